The van der Waals surface area contributed by atoms with Crippen molar-refractivity contribution in [2.75, 3.05) is 0 Å². The highest BCUT2D eigenvalue weighted by atomic mass is 32.1. The van der Waals surface area contributed by atoms with E-state index in [0.717, 1.165) is 12.1 Å². The largest absolute Gasteiger partial charge is 0.386 e. The maximum absolute atomic E-state index is 13.7. The predicted molar refractivity (Wildman–Crippen MR) is 90.2 cm³/mol. The van der Waals surface area contributed by atoms with Gasteiger partial charge in [0, 0.05) is 0 Å². The van der Waals surface area contributed by atoms with Crippen molar-refractivity contribution < 1.29 is 23.5 Å². The minimum Gasteiger partial charge on any atom is -0.386 e. The predicted octanol–water partition coefficient (Wildman–Crippen LogP) is 2.38. The summed E-state index contributed by atoms with van der Waals surface area (Å²) >= 11 is 1.24. The van der Waals surface area contributed by atoms with E-state index >= 15 is 0 Å². The van der Waals surface area contributed by atoms with Crippen LogP contribution in [0.4, 0.5) is 8.78 Å². The van der Waals surface area contributed by atoms with Crippen molar-refractivity contribution in [1.29, 1.82) is 0 Å². The molecule has 3 N–H and O–H groups in total. The topological polar surface area (TPSA) is 78.4 Å². The van der Waals surface area contributed by atoms with E-state index in [0.29, 0.717) is 4.88 Å². The second-order valence-corrected chi connectivity index (χ2v) is 6.50. The van der Waals surface area contributed by atoms with E-state index in [1.807, 2.05) is 0 Å². The number of rotatable bonds is 6. The third kappa shape index (κ3) is 4.61. The first kappa shape index (κ1) is 19.0. The number of hydrogen-bond acceptors (Lipinski definition) is 4. The monoisotopic (exact) mass is 368 g/mol. The standard InChI is InChI=1S/C17H18F2N2O3S/c1-9(15(22)14-11(18)5-3-6-12(14)19)20-16(23)10(2)21-17(24)13-7-4-8-25-13/h3-10,15,22H,1-2H3,(H,20,23)(H,21,24)/t9-,10-,15-/m0/s1. The number of carbonyl (C=O) groups excluding carboxylic acids is 2. The van der Waals surface area contributed by atoms with E-state index in [1.165, 1.54) is 31.3 Å². The van der Waals surface area contributed by atoms with E-state index in [9.17, 15) is 23.5 Å². The maximum atomic E-state index is 13.7. The van der Waals surface area contributed by atoms with Crippen LogP contribution in [0.1, 0.15) is 35.2 Å². The molecule has 0 aliphatic carbocycles. The quantitative estimate of drug-likeness (QED) is 0.733. The number of nitrogens with one attached hydrogen (secondary N) is 2. The summed E-state index contributed by atoms with van der Waals surface area (Å²) in [5.74, 6) is -2.76. The summed E-state index contributed by atoms with van der Waals surface area (Å²) in [5, 5.41) is 16.8. The molecule has 0 saturated heterocycles. The van der Waals surface area contributed by atoms with E-state index in [2.05, 4.69) is 10.6 Å². The van der Waals surface area contributed by atoms with Crippen molar-refractivity contribution in [1.82, 2.24) is 10.6 Å². The molecule has 2 amide bonds. The average molecular weight is 368 g/mol. The molecule has 0 spiro atoms. The van der Waals surface area contributed by atoms with Crippen LogP contribution in [0.15, 0.2) is 35.7 Å². The molecule has 2 rings (SSSR count). The van der Waals surface area contributed by atoms with E-state index in [-0.39, 0.29) is 0 Å². The summed E-state index contributed by atoms with van der Waals surface area (Å²) in [7, 11) is 0. The third-order valence-corrected chi connectivity index (χ3v) is 4.49. The fourth-order valence-corrected chi connectivity index (χ4v) is 2.84. The normalized spacial score (nSPS) is 14.4. The van der Waals surface area contributed by atoms with Crippen molar-refractivity contribution >= 4 is 23.2 Å². The second-order valence-electron chi connectivity index (χ2n) is 5.55. The molecule has 1 aromatic carbocycles. The Balaban J connectivity index is 1.98. The molecule has 8 heteroatoms. The van der Waals surface area contributed by atoms with Crippen LogP contribution in [0.5, 0.6) is 0 Å². The Morgan fingerprint density at radius 1 is 1.08 bits per heavy atom. The van der Waals surface area contributed by atoms with Gasteiger partial charge in [-0.1, -0.05) is 12.1 Å². The van der Waals surface area contributed by atoms with Gasteiger partial charge in [0.15, 0.2) is 0 Å². The lowest BCUT2D eigenvalue weighted by molar-refractivity contribution is -0.124. The van der Waals surface area contributed by atoms with Crippen LogP contribution < -0.4 is 10.6 Å². The number of carbonyl (C=O) groups is 2. The van der Waals surface area contributed by atoms with Crippen LogP contribution in [-0.2, 0) is 4.79 Å². The van der Waals surface area contributed by atoms with Crippen LogP contribution >= 0.6 is 11.3 Å². The number of amides is 2. The second kappa shape index (κ2) is 8.17. The maximum Gasteiger partial charge on any atom is 0.261 e. The van der Waals surface area contributed by atoms with Gasteiger partial charge in [-0.2, -0.15) is 0 Å². The SMILES string of the molecule is C[C@H](NC(=O)c1cccs1)C(=O)N[C@@H](C)[C@H](O)c1c(F)cccc1F. The van der Waals surface area contributed by atoms with E-state index < -0.39 is 47.2 Å². The smallest absolute Gasteiger partial charge is 0.261 e. The van der Waals surface area contributed by atoms with E-state index in [4.69, 9.17) is 0 Å². The van der Waals surface area contributed by atoms with Gasteiger partial charge in [0.1, 0.15) is 23.8 Å². The zero-order valence-electron chi connectivity index (χ0n) is 13.6. The Labute approximate surface area is 147 Å². The van der Waals surface area contributed by atoms with Gasteiger partial charge >= 0.3 is 0 Å². The van der Waals surface area contributed by atoms with Crippen molar-refractivity contribution in [2.45, 2.75) is 32.0 Å². The van der Waals surface area contributed by atoms with Crippen LogP contribution in [-0.4, -0.2) is 29.0 Å². The Kier molecular flexibility index (Phi) is 6.22. The number of hydrogen-bond donors (Lipinski definition) is 3. The number of thiophene rings is 1. The molecular weight excluding hydrogens is 350 g/mol. The first-order chi connectivity index (χ1) is 11.8. The summed E-state index contributed by atoms with van der Waals surface area (Å²) in [5.41, 5.74) is -0.509. The van der Waals surface area contributed by atoms with Crippen LogP contribution in [0.3, 0.4) is 0 Å². The molecule has 134 valence electrons. The van der Waals surface area contributed by atoms with Gasteiger partial charge in [0.25, 0.3) is 5.91 Å². The van der Waals surface area contributed by atoms with Crippen LogP contribution in [0.25, 0.3) is 0 Å². The van der Waals surface area contributed by atoms with Crippen molar-refractivity contribution in [3.05, 3.63) is 57.8 Å². The lowest BCUT2D eigenvalue weighted by Crippen LogP contribution is -2.48. The molecule has 0 aliphatic heterocycles. The molecule has 0 unspecified atom stereocenters. The number of aliphatic hydroxyl groups excluding tert-OH is 1. The van der Waals surface area contributed by atoms with Crippen molar-refractivity contribution in [3.8, 4) is 0 Å². The van der Waals surface area contributed by atoms with E-state index in [1.54, 1.807) is 17.5 Å². The lowest BCUT2D eigenvalue weighted by Gasteiger charge is -2.23. The van der Waals surface area contributed by atoms with Gasteiger partial charge in [-0.05, 0) is 37.4 Å². The molecule has 5 nitrogen and oxygen atoms in total. The van der Waals surface area contributed by atoms with Crippen molar-refractivity contribution in [3.63, 3.8) is 0 Å². The zero-order valence-corrected chi connectivity index (χ0v) is 14.4. The van der Waals surface area contributed by atoms with Gasteiger partial charge in [0.05, 0.1) is 16.5 Å². The minimum absolute atomic E-state index is 0.397. The van der Waals surface area contributed by atoms with Crippen LogP contribution in [0.2, 0.25) is 0 Å². The van der Waals surface area contributed by atoms with Crippen LogP contribution in [0, 0.1) is 11.6 Å². The lowest BCUT2D eigenvalue weighted by atomic mass is 10.0. The zero-order chi connectivity index (χ0) is 18.6. The number of aliphatic hydroxyl groups is 1. The minimum atomic E-state index is -1.56. The molecule has 2 aromatic rings. The number of benzene rings is 1. The Hall–Kier alpha value is -2.32. The molecule has 0 aliphatic rings. The summed E-state index contributed by atoms with van der Waals surface area (Å²) in [6.45, 7) is 2.89. The third-order valence-electron chi connectivity index (χ3n) is 3.62. The van der Waals surface area contributed by atoms with Gasteiger partial charge < -0.3 is 15.7 Å². The molecule has 3 atom stereocenters. The summed E-state index contributed by atoms with van der Waals surface area (Å²) < 4.78 is 27.4. The molecule has 0 fully saturated rings. The molecule has 1 aromatic heterocycles. The molecular formula is C17H18F2N2O3S. The van der Waals surface area contributed by atoms with Crippen molar-refractivity contribution in [2.24, 2.45) is 0 Å². The molecule has 0 saturated carbocycles. The molecule has 0 radical (unpaired) electrons. The first-order valence-corrected chi connectivity index (χ1v) is 8.46. The summed E-state index contributed by atoms with van der Waals surface area (Å²) in [4.78, 5) is 24.5. The Morgan fingerprint density at radius 3 is 2.28 bits per heavy atom. The van der Waals surface area contributed by atoms with Gasteiger partial charge in [-0.15, -0.1) is 11.3 Å². The Bertz CT molecular complexity index is 732. The highest BCUT2D eigenvalue weighted by Crippen LogP contribution is 2.23. The highest BCUT2D eigenvalue weighted by molar-refractivity contribution is 7.12. The fraction of sp³-hybridized carbons (Fsp3) is 0.294. The molecule has 25 heavy (non-hydrogen) atoms. The summed E-state index contributed by atoms with van der Waals surface area (Å²) in [6.07, 6.45) is -1.56. The van der Waals surface area contributed by atoms with Gasteiger partial charge in [-0.3, -0.25) is 9.59 Å². The Morgan fingerprint density at radius 2 is 1.72 bits per heavy atom. The first-order valence-electron chi connectivity index (χ1n) is 7.58. The highest BCUT2D eigenvalue weighted by Gasteiger charge is 2.26. The van der Waals surface area contributed by atoms with Gasteiger partial charge in [-0.25, -0.2) is 8.78 Å². The van der Waals surface area contributed by atoms with Gasteiger partial charge in [0.2, 0.25) is 5.91 Å². The fourth-order valence-electron chi connectivity index (χ4n) is 2.21. The number of halogens is 2. The molecule has 1 heterocycles. The average Bonchev–Trinajstić information content (AvgIpc) is 3.08. The summed E-state index contributed by atoms with van der Waals surface area (Å²) in [6, 6.07) is 4.74. The molecule has 0 bridgehead atoms.